The Morgan fingerprint density at radius 1 is 0.821 bits per heavy atom. The molecule has 2 heterocycles. The lowest BCUT2D eigenvalue weighted by atomic mass is 10.3. The topological polar surface area (TPSA) is 84.0 Å². The quantitative estimate of drug-likeness (QED) is 0.416. The van der Waals surface area contributed by atoms with E-state index in [1.165, 1.54) is 12.1 Å². The zero-order valence-corrected chi connectivity index (χ0v) is 17.2. The SMILES string of the molecule is O=S(=O)(Nc1nc2ccccc2nc1Nc1ccccc1Cl)c1ccc(Cl)s1. The predicted octanol–water partition coefficient (Wildman–Crippen LogP) is 5.54. The maximum Gasteiger partial charge on any atom is 0.272 e. The predicted molar refractivity (Wildman–Crippen MR) is 114 cm³/mol. The van der Waals surface area contributed by atoms with Crippen LogP contribution in [-0.4, -0.2) is 18.4 Å². The van der Waals surface area contributed by atoms with E-state index in [4.69, 9.17) is 23.2 Å². The zero-order valence-electron chi connectivity index (χ0n) is 14.1. The van der Waals surface area contributed by atoms with E-state index < -0.39 is 10.0 Å². The molecule has 0 saturated carbocycles. The highest BCUT2D eigenvalue weighted by Crippen LogP contribution is 2.32. The Bertz CT molecular complexity index is 1280. The fourth-order valence-corrected chi connectivity index (χ4v) is 5.14. The molecule has 0 unspecified atom stereocenters. The van der Waals surface area contributed by atoms with Gasteiger partial charge in [0, 0.05) is 0 Å². The number of benzene rings is 2. The Kier molecular flexibility index (Phi) is 5.11. The van der Waals surface area contributed by atoms with E-state index >= 15 is 0 Å². The molecule has 2 aromatic carbocycles. The van der Waals surface area contributed by atoms with Crippen LogP contribution in [0.25, 0.3) is 11.0 Å². The van der Waals surface area contributed by atoms with Gasteiger partial charge in [-0.2, -0.15) is 0 Å². The summed E-state index contributed by atoms with van der Waals surface area (Å²) < 4.78 is 28.4. The van der Waals surface area contributed by atoms with Gasteiger partial charge >= 0.3 is 0 Å². The van der Waals surface area contributed by atoms with Crippen LogP contribution < -0.4 is 10.0 Å². The lowest BCUT2D eigenvalue weighted by Crippen LogP contribution is -2.15. The largest absolute Gasteiger partial charge is 0.336 e. The van der Waals surface area contributed by atoms with Crippen molar-refractivity contribution >= 4 is 72.9 Å². The molecular weight excluding hydrogens is 439 g/mol. The molecular formula is C18H12Cl2N4O2S2. The molecule has 2 N–H and O–H groups in total. The van der Waals surface area contributed by atoms with Crippen molar-refractivity contribution in [3.63, 3.8) is 0 Å². The van der Waals surface area contributed by atoms with Crippen LogP contribution in [0.5, 0.6) is 0 Å². The monoisotopic (exact) mass is 450 g/mol. The molecule has 0 atom stereocenters. The highest BCUT2D eigenvalue weighted by atomic mass is 35.5. The molecule has 0 spiro atoms. The summed E-state index contributed by atoms with van der Waals surface area (Å²) in [5.41, 5.74) is 1.74. The molecule has 28 heavy (non-hydrogen) atoms. The highest BCUT2D eigenvalue weighted by Gasteiger charge is 2.21. The van der Waals surface area contributed by atoms with E-state index in [9.17, 15) is 8.42 Å². The lowest BCUT2D eigenvalue weighted by molar-refractivity contribution is 0.603. The number of hydrogen-bond donors (Lipinski definition) is 2. The van der Waals surface area contributed by atoms with E-state index in [0.717, 1.165) is 11.3 Å². The normalized spacial score (nSPS) is 11.5. The van der Waals surface area contributed by atoms with Crippen molar-refractivity contribution in [1.29, 1.82) is 0 Å². The van der Waals surface area contributed by atoms with Crippen LogP contribution in [0.2, 0.25) is 9.36 Å². The van der Waals surface area contributed by atoms with Gasteiger partial charge in [0.15, 0.2) is 11.6 Å². The standard InChI is InChI=1S/C18H12Cl2N4O2S2/c19-11-5-1-2-6-12(11)21-17-18(23-14-8-4-3-7-13(14)22-17)24-28(25,26)16-10-9-15(20)27-16/h1-10H,(H,21,22)(H,23,24). The molecule has 0 radical (unpaired) electrons. The van der Waals surface area contributed by atoms with Crippen LogP contribution in [0.3, 0.4) is 0 Å². The van der Waals surface area contributed by atoms with Crippen molar-refractivity contribution in [1.82, 2.24) is 9.97 Å². The summed E-state index contributed by atoms with van der Waals surface area (Å²) in [5, 5.41) is 3.53. The number of para-hydroxylation sites is 3. The molecule has 4 aromatic rings. The average Bonchev–Trinajstić information content (AvgIpc) is 3.11. The van der Waals surface area contributed by atoms with Crippen molar-refractivity contribution in [3.8, 4) is 0 Å². The Balaban J connectivity index is 1.80. The molecule has 6 nitrogen and oxygen atoms in total. The van der Waals surface area contributed by atoms with Gasteiger partial charge < -0.3 is 5.32 Å². The van der Waals surface area contributed by atoms with Gasteiger partial charge in [-0.15, -0.1) is 11.3 Å². The molecule has 0 fully saturated rings. The molecule has 2 aromatic heterocycles. The zero-order chi connectivity index (χ0) is 19.7. The van der Waals surface area contributed by atoms with E-state index in [0.29, 0.717) is 26.1 Å². The van der Waals surface area contributed by atoms with Gasteiger partial charge in [0.25, 0.3) is 10.0 Å². The van der Waals surface area contributed by atoms with Crippen molar-refractivity contribution in [2.75, 3.05) is 10.0 Å². The van der Waals surface area contributed by atoms with Gasteiger partial charge in [0.2, 0.25) is 0 Å². The van der Waals surface area contributed by atoms with Gasteiger partial charge in [-0.25, -0.2) is 18.4 Å². The molecule has 142 valence electrons. The number of thiophene rings is 1. The smallest absolute Gasteiger partial charge is 0.272 e. The summed E-state index contributed by atoms with van der Waals surface area (Å²) in [7, 11) is -3.88. The third kappa shape index (κ3) is 3.90. The first-order valence-electron chi connectivity index (χ1n) is 7.99. The van der Waals surface area contributed by atoms with Crippen molar-refractivity contribution in [2.45, 2.75) is 4.21 Å². The van der Waals surface area contributed by atoms with Crippen LogP contribution in [0.15, 0.2) is 64.9 Å². The summed E-state index contributed by atoms with van der Waals surface area (Å²) in [6.45, 7) is 0. The minimum atomic E-state index is -3.88. The van der Waals surface area contributed by atoms with E-state index in [2.05, 4.69) is 20.0 Å². The number of hydrogen-bond acceptors (Lipinski definition) is 6. The number of halogens is 2. The van der Waals surface area contributed by atoms with Gasteiger partial charge in [0.05, 0.1) is 26.1 Å². The Morgan fingerprint density at radius 2 is 1.46 bits per heavy atom. The fourth-order valence-electron chi connectivity index (χ4n) is 2.47. The molecule has 0 aliphatic rings. The minimum Gasteiger partial charge on any atom is -0.336 e. The number of nitrogens with zero attached hydrogens (tertiary/aromatic N) is 2. The summed E-state index contributed by atoms with van der Waals surface area (Å²) in [4.78, 5) is 8.94. The van der Waals surface area contributed by atoms with Crippen molar-refractivity contribution in [2.24, 2.45) is 0 Å². The first-order valence-corrected chi connectivity index (χ1v) is 11.0. The third-order valence-electron chi connectivity index (χ3n) is 3.74. The van der Waals surface area contributed by atoms with Crippen LogP contribution in [0, 0.1) is 0 Å². The van der Waals surface area contributed by atoms with Gasteiger partial charge in [-0.05, 0) is 36.4 Å². The number of anilines is 3. The minimum absolute atomic E-state index is 0.0585. The highest BCUT2D eigenvalue weighted by molar-refractivity contribution is 7.94. The molecule has 10 heteroatoms. The lowest BCUT2D eigenvalue weighted by Gasteiger charge is -2.14. The maximum atomic E-state index is 12.7. The van der Waals surface area contributed by atoms with E-state index in [1.54, 1.807) is 42.5 Å². The molecule has 0 aliphatic carbocycles. The molecule has 4 rings (SSSR count). The summed E-state index contributed by atoms with van der Waals surface area (Å²) in [6, 6.07) is 17.2. The van der Waals surface area contributed by atoms with Crippen molar-refractivity contribution < 1.29 is 8.42 Å². The number of rotatable bonds is 5. The Labute approximate surface area is 175 Å². The fraction of sp³-hybridized carbons (Fsp3) is 0. The second kappa shape index (κ2) is 7.56. The van der Waals surface area contributed by atoms with E-state index in [1.807, 2.05) is 6.07 Å². The number of aromatic nitrogens is 2. The number of sulfonamides is 1. The van der Waals surface area contributed by atoms with Crippen LogP contribution in [0.4, 0.5) is 17.3 Å². The molecule has 0 amide bonds. The maximum absolute atomic E-state index is 12.7. The van der Waals surface area contributed by atoms with Crippen LogP contribution >= 0.6 is 34.5 Å². The first-order chi connectivity index (χ1) is 13.4. The number of nitrogens with one attached hydrogen (secondary N) is 2. The molecule has 0 aliphatic heterocycles. The summed E-state index contributed by atoms with van der Waals surface area (Å²) in [6.07, 6.45) is 0. The first kappa shape index (κ1) is 18.9. The van der Waals surface area contributed by atoms with Gasteiger partial charge in [0.1, 0.15) is 4.21 Å². The number of fused-ring (bicyclic) bond motifs is 1. The Hall–Kier alpha value is -2.39. The van der Waals surface area contributed by atoms with Crippen LogP contribution in [0.1, 0.15) is 0 Å². The summed E-state index contributed by atoms with van der Waals surface area (Å²) >= 11 is 13.0. The van der Waals surface area contributed by atoms with Crippen molar-refractivity contribution in [3.05, 3.63) is 70.0 Å². The molecule has 0 saturated heterocycles. The third-order valence-corrected chi connectivity index (χ3v) is 7.13. The van der Waals surface area contributed by atoms with E-state index in [-0.39, 0.29) is 15.8 Å². The second-order valence-corrected chi connectivity index (χ2v) is 9.71. The summed E-state index contributed by atoms with van der Waals surface area (Å²) in [5.74, 6) is 0.293. The second-order valence-electron chi connectivity index (χ2n) is 5.68. The van der Waals surface area contributed by atoms with Gasteiger partial charge in [-0.1, -0.05) is 47.5 Å². The Morgan fingerprint density at radius 3 is 2.11 bits per heavy atom. The van der Waals surface area contributed by atoms with Crippen LogP contribution in [-0.2, 0) is 10.0 Å². The van der Waals surface area contributed by atoms with Gasteiger partial charge in [-0.3, -0.25) is 4.72 Å². The molecule has 0 bridgehead atoms. The average molecular weight is 451 g/mol.